The minimum atomic E-state index is -0.422. The van der Waals surface area contributed by atoms with Gasteiger partial charge in [0, 0.05) is 17.7 Å². The van der Waals surface area contributed by atoms with Crippen molar-refractivity contribution in [3.05, 3.63) is 51.8 Å². The first-order valence-corrected chi connectivity index (χ1v) is 5.70. The molecule has 2 aromatic rings. The minimum Gasteiger partial charge on any atom is -0.455 e. The molecule has 0 aliphatic heterocycles. The molecular formula is C13H12N2O4. The average Bonchev–Trinajstić information content (AvgIpc) is 2.86. The van der Waals surface area contributed by atoms with Gasteiger partial charge in [-0.1, -0.05) is 12.1 Å². The van der Waals surface area contributed by atoms with Gasteiger partial charge in [0.25, 0.3) is 5.69 Å². The Kier molecular flexibility index (Phi) is 3.61. The summed E-state index contributed by atoms with van der Waals surface area (Å²) in [5.41, 5.74) is 1.69. The summed E-state index contributed by atoms with van der Waals surface area (Å²) in [5.74, 6) is 1.000. The normalized spacial score (nSPS) is 11.0. The van der Waals surface area contributed by atoms with E-state index in [0.29, 0.717) is 17.9 Å². The van der Waals surface area contributed by atoms with Crippen LogP contribution < -0.4 is 0 Å². The van der Waals surface area contributed by atoms with E-state index in [-0.39, 0.29) is 5.69 Å². The zero-order valence-electron chi connectivity index (χ0n) is 10.2. The molecule has 19 heavy (non-hydrogen) atoms. The van der Waals surface area contributed by atoms with Crippen molar-refractivity contribution in [1.29, 1.82) is 0 Å². The molecule has 0 aliphatic carbocycles. The van der Waals surface area contributed by atoms with Gasteiger partial charge in [0.15, 0.2) is 0 Å². The van der Waals surface area contributed by atoms with E-state index in [0.717, 1.165) is 11.1 Å². The molecule has 1 aromatic heterocycles. The molecule has 98 valence electrons. The second-order valence-electron chi connectivity index (χ2n) is 3.90. The van der Waals surface area contributed by atoms with Crippen molar-refractivity contribution in [2.24, 2.45) is 5.16 Å². The predicted octanol–water partition coefficient (Wildman–Crippen LogP) is 3.23. The Balaban J connectivity index is 2.45. The number of hydrogen-bond donors (Lipinski definition) is 1. The van der Waals surface area contributed by atoms with Crippen LogP contribution in [0.25, 0.3) is 11.3 Å². The fourth-order valence-corrected chi connectivity index (χ4v) is 1.85. The maximum atomic E-state index is 10.7. The third-order valence-corrected chi connectivity index (χ3v) is 2.76. The number of aryl methyl sites for hydroxylation is 1. The fraction of sp³-hybridized carbons (Fsp3) is 0.154. The molecular weight excluding hydrogens is 248 g/mol. The largest absolute Gasteiger partial charge is 0.455 e. The monoisotopic (exact) mass is 260 g/mol. The summed E-state index contributed by atoms with van der Waals surface area (Å²) in [7, 11) is 0. The third-order valence-electron chi connectivity index (χ3n) is 2.76. The van der Waals surface area contributed by atoms with E-state index in [9.17, 15) is 10.1 Å². The first-order chi connectivity index (χ1) is 9.15. The van der Waals surface area contributed by atoms with Gasteiger partial charge in [-0.25, -0.2) is 0 Å². The molecule has 0 amide bonds. The smallest absolute Gasteiger partial charge is 0.269 e. The maximum absolute atomic E-state index is 10.7. The van der Waals surface area contributed by atoms with E-state index in [1.807, 2.05) is 6.92 Å². The number of non-ortho nitro benzene ring substituents is 1. The SMILES string of the molecule is CCc1cc([N+](=O)[O-])ccc1-c1ccc(/C=N\O)o1. The van der Waals surface area contributed by atoms with Crippen molar-refractivity contribution in [3.63, 3.8) is 0 Å². The van der Waals surface area contributed by atoms with E-state index in [4.69, 9.17) is 9.62 Å². The molecule has 0 unspecified atom stereocenters. The second kappa shape index (κ2) is 5.34. The summed E-state index contributed by atoms with van der Waals surface area (Å²) in [6.45, 7) is 1.92. The average molecular weight is 260 g/mol. The highest BCUT2D eigenvalue weighted by Gasteiger charge is 2.13. The van der Waals surface area contributed by atoms with Gasteiger partial charge in [-0.2, -0.15) is 0 Å². The summed E-state index contributed by atoms with van der Waals surface area (Å²) in [6.07, 6.45) is 1.83. The number of hydrogen-bond acceptors (Lipinski definition) is 5. The van der Waals surface area contributed by atoms with E-state index in [1.165, 1.54) is 18.3 Å². The minimum absolute atomic E-state index is 0.0595. The Labute approximate surface area is 109 Å². The lowest BCUT2D eigenvalue weighted by molar-refractivity contribution is -0.384. The number of oxime groups is 1. The highest BCUT2D eigenvalue weighted by molar-refractivity contribution is 5.77. The lowest BCUT2D eigenvalue weighted by atomic mass is 10.0. The zero-order chi connectivity index (χ0) is 13.8. The van der Waals surface area contributed by atoms with Crippen molar-refractivity contribution in [1.82, 2.24) is 0 Å². The van der Waals surface area contributed by atoms with Crippen molar-refractivity contribution in [2.75, 3.05) is 0 Å². The van der Waals surface area contributed by atoms with E-state index >= 15 is 0 Å². The maximum Gasteiger partial charge on any atom is 0.269 e. The van der Waals surface area contributed by atoms with Crippen LogP contribution in [0, 0.1) is 10.1 Å². The molecule has 2 rings (SSSR count). The molecule has 6 nitrogen and oxygen atoms in total. The van der Waals surface area contributed by atoms with Crippen molar-refractivity contribution in [2.45, 2.75) is 13.3 Å². The van der Waals surface area contributed by atoms with Crippen LogP contribution in [0.3, 0.4) is 0 Å². The quantitative estimate of drug-likeness (QED) is 0.395. The van der Waals surface area contributed by atoms with Gasteiger partial charge >= 0.3 is 0 Å². The van der Waals surface area contributed by atoms with Gasteiger partial charge in [0.1, 0.15) is 17.7 Å². The summed E-state index contributed by atoms with van der Waals surface area (Å²) < 4.78 is 5.47. The number of nitrogens with zero attached hydrogens (tertiary/aromatic N) is 2. The number of benzene rings is 1. The highest BCUT2D eigenvalue weighted by atomic mass is 16.6. The van der Waals surface area contributed by atoms with Crippen LogP contribution in [0.5, 0.6) is 0 Å². The van der Waals surface area contributed by atoms with E-state index in [2.05, 4.69) is 5.16 Å². The molecule has 6 heteroatoms. The molecule has 0 saturated heterocycles. The molecule has 1 aromatic carbocycles. The number of nitro groups is 1. The predicted molar refractivity (Wildman–Crippen MR) is 69.6 cm³/mol. The Morgan fingerprint density at radius 2 is 2.21 bits per heavy atom. The molecule has 0 saturated carbocycles. The summed E-state index contributed by atoms with van der Waals surface area (Å²) in [6, 6.07) is 8.04. The van der Waals surface area contributed by atoms with Crippen LogP contribution in [-0.2, 0) is 6.42 Å². The Morgan fingerprint density at radius 3 is 2.84 bits per heavy atom. The summed E-state index contributed by atoms with van der Waals surface area (Å²) in [4.78, 5) is 10.3. The highest BCUT2D eigenvalue weighted by Crippen LogP contribution is 2.29. The Morgan fingerprint density at radius 1 is 1.42 bits per heavy atom. The van der Waals surface area contributed by atoms with Crippen molar-refractivity contribution in [3.8, 4) is 11.3 Å². The fourth-order valence-electron chi connectivity index (χ4n) is 1.85. The second-order valence-corrected chi connectivity index (χ2v) is 3.90. The number of rotatable bonds is 4. The van der Waals surface area contributed by atoms with E-state index in [1.54, 1.807) is 18.2 Å². The van der Waals surface area contributed by atoms with E-state index < -0.39 is 4.92 Å². The van der Waals surface area contributed by atoms with Crippen LogP contribution in [0.15, 0.2) is 39.9 Å². The molecule has 0 radical (unpaired) electrons. The van der Waals surface area contributed by atoms with Crippen LogP contribution in [-0.4, -0.2) is 16.3 Å². The van der Waals surface area contributed by atoms with Crippen LogP contribution in [0.1, 0.15) is 18.2 Å². The standard InChI is InChI=1S/C13H12N2O4/c1-2-9-7-10(15(17)18)3-5-12(9)13-6-4-11(19-13)8-14-16/h3-8,16H,2H2,1H3/b14-8-. The zero-order valence-corrected chi connectivity index (χ0v) is 10.2. The summed E-state index contributed by atoms with van der Waals surface area (Å²) in [5, 5.41) is 22.1. The molecule has 1 N–H and O–H groups in total. The topological polar surface area (TPSA) is 88.9 Å². The van der Waals surface area contributed by atoms with Gasteiger partial charge in [0.05, 0.1) is 4.92 Å². The molecule has 0 fully saturated rings. The Bertz CT molecular complexity index is 631. The van der Waals surface area contributed by atoms with Crippen molar-refractivity contribution < 1.29 is 14.5 Å². The molecule has 1 heterocycles. The van der Waals surface area contributed by atoms with Crippen LogP contribution >= 0.6 is 0 Å². The van der Waals surface area contributed by atoms with Gasteiger partial charge in [-0.3, -0.25) is 10.1 Å². The molecule has 0 spiro atoms. The third kappa shape index (κ3) is 2.62. The van der Waals surface area contributed by atoms with Gasteiger partial charge in [-0.05, 0) is 30.2 Å². The van der Waals surface area contributed by atoms with Gasteiger partial charge < -0.3 is 9.62 Å². The first kappa shape index (κ1) is 12.8. The molecule has 0 aliphatic rings. The molecule has 0 atom stereocenters. The molecule has 0 bridgehead atoms. The first-order valence-electron chi connectivity index (χ1n) is 5.70. The lowest BCUT2D eigenvalue weighted by Crippen LogP contribution is -1.92. The Hall–Kier alpha value is -2.63. The van der Waals surface area contributed by atoms with Crippen LogP contribution in [0.2, 0.25) is 0 Å². The van der Waals surface area contributed by atoms with Gasteiger partial charge in [0.2, 0.25) is 0 Å². The van der Waals surface area contributed by atoms with Crippen molar-refractivity contribution >= 4 is 11.9 Å². The lowest BCUT2D eigenvalue weighted by Gasteiger charge is -2.04. The number of furan rings is 1. The van der Waals surface area contributed by atoms with Crippen LogP contribution in [0.4, 0.5) is 5.69 Å². The number of nitro benzene ring substituents is 1. The summed E-state index contributed by atoms with van der Waals surface area (Å²) >= 11 is 0. The van der Waals surface area contributed by atoms with Gasteiger partial charge in [-0.15, -0.1) is 0 Å².